The Labute approximate surface area is 241 Å². The lowest BCUT2D eigenvalue weighted by Gasteiger charge is -2.23. The maximum absolute atomic E-state index is 14.0. The molecule has 4 aromatic rings. The second-order valence-electron chi connectivity index (χ2n) is 11.9. The van der Waals surface area contributed by atoms with Gasteiger partial charge in [-0.05, 0) is 90.1 Å². The first-order chi connectivity index (χ1) is 19.9. The molecule has 6 rings (SSSR count). The zero-order valence-electron chi connectivity index (χ0n) is 24.6. The van der Waals surface area contributed by atoms with Gasteiger partial charge in [-0.3, -0.25) is 9.36 Å². The molecule has 216 valence electrons. The maximum atomic E-state index is 14.0. The van der Waals surface area contributed by atoms with Crippen LogP contribution >= 0.6 is 0 Å². The lowest BCUT2D eigenvalue weighted by Crippen LogP contribution is -2.28. The Hall–Kier alpha value is -3.60. The van der Waals surface area contributed by atoms with Gasteiger partial charge in [0, 0.05) is 55.2 Å². The number of anilines is 2. The lowest BCUT2D eigenvalue weighted by molar-refractivity contribution is 0.384. The molecule has 2 fully saturated rings. The van der Waals surface area contributed by atoms with Crippen molar-refractivity contribution in [1.82, 2.24) is 39.2 Å². The number of piperidine rings is 1. The number of benzene rings is 1. The van der Waals surface area contributed by atoms with Crippen molar-refractivity contribution in [3.8, 4) is 11.3 Å². The van der Waals surface area contributed by atoms with E-state index in [1.54, 1.807) is 10.8 Å². The van der Waals surface area contributed by atoms with Crippen molar-refractivity contribution < 1.29 is 0 Å². The van der Waals surface area contributed by atoms with Gasteiger partial charge in [-0.15, -0.1) is 0 Å². The fraction of sp³-hybridized carbons (Fsp3) is 0.484. The number of likely N-dealkylation sites (N-methyl/N-ethyl adjacent to an activating group) is 2. The smallest absolute Gasteiger partial charge is 0.261 e. The van der Waals surface area contributed by atoms with Gasteiger partial charge in [0.25, 0.3) is 5.56 Å². The largest absolute Gasteiger partial charge is 0.330 e. The zero-order chi connectivity index (χ0) is 28.5. The summed E-state index contributed by atoms with van der Waals surface area (Å²) in [5.41, 5.74) is 5.17. The molecule has 41 heavy (non-hydrogen) atoms. The normalized spacial score (nSPS) is 19.8. The third-order valence-electron chi connectivity index (χ3n) is 8.59. The Bertz CT molecular complexity index is 1570. The van der Waals surface area contributed by atoms with E-state index >= 15 is 0 Å². The molecule has 0 bridgehead atoms. The SMILES string of the molecule is Cc1c(-c2cc3cnc(Nc4ccc(C5CCCNC5)cc4)nc3n(CCN(C)C)c2=O)ncn1C1CCN(C)C1. The first kappa shape index (κ1) is 27.6. The highest BCUT2D eigenvalue weighted by atomic mass is 16.1. The minimum atomic E-state index is -0.0775. The number of aromatic nitrogens is 5. The minimum Gasteiger partial charge on any atom is -0.330 e. The molecule has 5 heterocycles. The van der Waals surface area contributed by atoms with Crippen molar-refractivity contribution in [1.29, 1.82) is 0 Å². The first-order valence-corrected chi connectivity index (χ1v) is 14.7. The molecule has 2 atom stereocenters. The highest BCUT2D eigenvalue weighted by molar-refractivity contribution is 5.81. The Kier molecular flexibility index (Phi) is 7.88. The summed E-state index contributed by atoms with van der Waals surface area (Å²) >= 11 is 0. The van der Waals surface area contributed by atoms with E-state index in [9.17, 15) is 4.79 Å². The van der Waals surface area contributed by atoms with Crippen LogP contribution in [-0.2, 0) is 6.54 Å². The second kappa shape index (κ2) is 11.7. The third kappa shape index (κ3) is 5.77. The van der Waals surface area contributed by atoms with Crippen LogP contribution in [0.2, 0.25) is 0 Å². The van der Waals surface area contributed by atoms with E-state index < -0.39 is 0 Å². The molecule has 0 spiro atoms. The number of nitrogens with one attached hydrogen (secondary N) is 2. The van der Waals surface area contributed by atoms with Crippen molar-refractivity contribution in [2.75, 3.05) is 59.2 Å². The summed E-state index contributed by atoms with van der Waals surface area (Å²) in [6.45, 7) is 7.50. The van der Waals surface area contributed by atoms with E-state index in [1.165, 1.54) is 18.4 Å². The molecule has 1 aromatic carbocycles. The van der Waals surface area contributed by atoms with Crippen LogP contribution in [0.15, 0.2) is 47.7 Å². The van der Waals surface area contributed by atoms with Crippen molar-refractivity contribution in [3.05, 3.63) is 64.5 Å². The molecule has 10 nitrogen and oxygen atoms in total. The molecular weight excluding hydrogens is 514 g/mol. The van der Waals surface area contributed by atoms with Crippen molar-refractivity contribution in [2.45, 2.75) is 44.7 Å². The van der Waals surface area contributed by atoms with Gasteiger partial charge in [0.2, 0.25) is 5.95 Å². The van der Waals surface area contributed by atoms with Crippen molar-refractivity contribution in [2.24, 2.45) is 0 Å². The number of pyridine rings is 1. The van der Waals surface area contributed by atoms with Gasteiger partial charge in [-0.25, -0.2) is 9.97 Å². The average molecular weight is 556 g/mol. The molecule has 0 radical (unpaired) electrons. The van der Waals surface area contributed by atoms with Crippen LogP contribution in [0.3, 0.4) is 0 Å². The molecular formula is C31H41N9O. The zero-order valence-corrected chi connectivity index (χ0v) is 24.6. The standard InChI is InChI=1S/C31H41N9O/c1-21-28(34-20-40(21)26-11-13-38(4)19-26)27-16-24-18-33-31(36-29(24)39(30(27)41)15-14-37(2)3)35-25-9-7-22(8-10-25)23-6-5-12-32-17-23/h7-10,16,18,20,23,26,32H,5-6,11-15,17,19H2,1-4H3,(H,33,35,36). The first-order valence-electron chi connectivity index (χ1n) is 14.7. The van der Waals surface area contributed by atoms with Gasteiger partial charge in [0.05, 0.1) is 17.6 Å². The van der Waals surface area contributed by atoms with E-state index in [2.05, 4.69) is 68.2 Å². The fourth-order valence-corrected chi connectivity index (χ4v) is 6.19. The van der Waals surface area contributed by atoms with Crippen LogP contribution in [0.25, 0.3) is 22.3 Å². The molecule has 2 saturated heterocycles. The van der Waals surface area contributed by atoms with Crippen LogP contribution in [-0.4, -0.2) is 87.8 Å². The monoisotopic (exact) mass is 555 g/mol. The van der Waals surface area contributed by atoms with Gasteiger partial charge in [-0.2, -0.15) is 4.98 Å². The van der Waals surface area contributed by atoms with Crippen LogP contribution in [0.4, 0.5) is 11.6 Å². The summed E-state index contributed by atoms with van der Waals surface area (Å²) in [5.74, 6) is 1.03. The quantitative estimate of drug-likeness (QED) is 0.341. The predicted octanol–water partition coefficient (Wildman–Crippen LogP) is 3.61. The number of nitrogens with zero attached hydrogens (tertiary/aromatic N) is 7. The molecule has 0 saturated carbocycles. The summed E-state index contributed by atoms with van der Waals surface area (Å²) in [5, 5.41) is 7.66. The van der Waals surface area contributed by atoms with Gasteiger partial charge >= 0.3 is 0 Å². The summed E-state index contributed by atoms with van der Waals surface area (Å²) in [6.07, 6.45) is 7.22. The van der Waals surface area contributed by atoms with Gasteiger partial charge in [0.15, 0.2) is 0 Å². The maximum Gasteiger partial charge on any atom is 0.261 e. The summed E-state index contributed by atoms with van der Waals surface area (Å²) in [7, 11) is 6.17. The highest BCUT2D eigenvalue weighted by Gasteiger charge is 2.25. The van der Waals surface area contributed by atoms with Gasteiger partial charge in [-0.1, -0.05) is 12.1 Å². The molecule has 2 aliphatic heterocycles. The number of imidazole rings is 1. The molecule has 2 N–H and O–H groups in total. The van der Waals surface area contributed by atoms with Crippen LogP contribution < -0.4 is 16.2 Å². The highest BCUT2D eigenvalue weighted by Crippen LogP contribution is 2.29. The van der Waals surface area contributed by atoms with E-state index in [1.807, 2.05) is 26.5 Å². The average Bonchev–Trinajstić information content (AvgIpc) is 3.58. The van der Waals surface area contributed by atoms with E-state index in [-0.39, 0.29) is 5.56 Å². The second-order valence-corrected chi connectivity index (χ2v) is 11.9. The third-order valence-corrected chi connectivity index (χ3v) is 8.59. The summed E-state index contributed by atoms with van der Waals surface area (Å²) < 4.78 is 4.00. The van der Waals surface area contributed by atoms with E-state index in [0.29, 0.717) is 42.2 Å². The Balaban J connectivity index is 1.33. The Morgan fingerprint density at radius 3 is 2.68 bits per heavy atom. The molecule has 0 amide bonds. The number of rotatable bonds is 8. The number of fused-ring (bicyclic) bond motifs is 1. The van der Waals surface area contributed by atoms with Crippen LogP contribution in [0.1, 0.15) is 42.5 Å². The van der Waals surface area contributed by atoms with E-state index in [4.69, 9.17) is 9.97 Å². The molecule has 2 aliphatic rings. The van der Waals surface area contributed by atoms with Crippen molar-refractivity contribution >= 4 is 22.7 Å². The van der Waals surface area contributed by atoms with Crippen molar-refractivity contribution in [3.63, 3.8) is 0 Å². The molecule has 0 aliphatic carbocycles. The minimum absolute atomic E-state index is 0.0775. The number of hydrogen-bond acceptors (Lipinski definition) is 8. The van der Waals surface area contributed by atoms with Gasteiger partial charge in [0.1, 0.15) is 5.65 Å². The predicted molar refractivity (Wildman–Crippen MR) is 164 cm³/mol. The van der Waals surface area contributed by atoms with Crippen LogP contribution in [0.5, 0.6) is 0 Å². The molecule has 10 heteroatoms. The van der Waals surface area contributed by atoms with E-state index in [0.717, 1.165) is 55.1 Å². The van der Waals surface area contributed by atoms with Crippen LogP contribution in [0, 0.1) is 6.92 Å². The number of likely N-dealkylation sites (tertiary alicyclic amines) is 1. The summed E-state index contributed by atoms with van der Waals surface area (Å²) in [4.78, 5) is 32.6. The Morgan fingerprint density at radius 1 is 1.15 bits per heavy atom. The molecule has 3 aromatic heterocycles. The topological polar surface area (TPSA) is 96.1 Å². The fourth-order valence-electron chi connectivity index (χ4n) is 6.19. The molecule has 2 unspecified atom stereocenters. The lowest BCUT2D eigenvalue weighted by atomic mass is 9.92. The number of hydrogen-bond donors (Lipinski definition) is 2. The van der Waals surface area contributed by atoms with Gasteiger partial charge < -0.3 is 25.0 Å². The summed E-state index contributed by atoms with van der Waals surface area (Å²) in [6, 6.07) is 10.8. The Morgan fingerprint density at radius 2 is 1.98 bits per heavy atom.